The van der Waals surface area contributed by atoms with E-state index >= 15 is 0 Å². The first-order valence-electron chi connectivity index (χ1n) is 13.0. The highest BCUT2D eigenvalue weighted by molar-refractivity contribution is 5.92. The second-order valence-corrected chi connectivity index (χ2v) is 9.73. The average Bonchev–Trinajstić information content (AvgIpc) is 3.21. The van der Waals surface area contributed by atoms with E-state index in [1.807, 2.05) is 48.3 Å². The predicted molar refractivity (Wildman–Crippen MR) is 147 cm³/mol. The van der Waals surface area contributed by atoms with E-state index in [0.717, 1.165) is 35.5 Å². The summed E-state index contributed by atoms with van der Waals surface area (Å²) in [6, 6.07) is 15.8. The molecule has 1 N–H and O–H groups in total. The highest BCUT2D eigenvalue weighted by Gasteiger charge is 2.30. The third-order valence-corrected chi connectivity index (χ3v) is 7.02. The summed E-state index contributed by atoms with van der Waals surface area (Å²) in [7, 11) is 1.94. The molecule has 10 heteroatoms. The van der Waals surface area contributed by atoms with Gasteiger partial charge in [0.25, 0.3) is 0 Å². The highest BCUT2D eigenvalue weighted by atomic mass is 19.4. The second-order valence-electron chi connectivity index (χ2n) is 9.73. The van der Waals surface area contributed by atoms with E-state index in [1.54, 1.807) is 17.3 Å². The normalized spacial score (nSPS) is 16.0. The number of carbonyl (C=O) groups is 2. The molecule has 3 aromatic rings. The van der Waals surface area contributed by atoms with Crippen molar-refractivity contribution < 1.29 is 27.9 Å². The maximum atomic E-state index is 13.5. The quantitative estimate of drug-likeness (QED) is 0.341. The van der Waals surface area contributed by atoms with Gasteiger partial charge in [-0.05, 0) is 72.9 Å². The topological polar surface area (TPSA) is 77.0 Å². The Hall–Kier alpha value is -4.34. The molecule has 0 aliphatic carbocycles. The molecule has 1 fully saturated rings. The minimum Gasteiger partial charge on any atom is -0.465 e. The monoisotopic (exact) mass is 552 g/mol. The zero-order valence-corrected chi connectivity index (χ0v) is 22.1. The smallest absolute Gasteiger partial charge is 0.416 e. The molecule has 0 saturated carbocycles. The minimum absolute atomic E-state index is 0.193. The zero-order valence-electron chi connectivity index (χ0n) is 22.1. The number of halogens is 3. The van der Waals surface area contributed by atoms with E-state index in [4.69, 9.17) is 0 Å². The number of rotatable bonds is 7. The Labute approximate surface area is 231 Å². The molecule has 1 atom stereocenters. The Morgan fingerprint density at radius 3 is 2.27 bits per heavy atom. The molecular weight excluding hydrogens is 521 g/mol. The number of carbonyl (C=O) groups excluding carboxylic acids is 1. The largest absolute Gasteiger partial charge is 0.465 e. The first-order chi connectivity index (χ1) is 19.1. The highest BCUT2D eigenvalue weighted by Crippen LogP contribution is 2.29. The Morgan fingerprint density at radius 2 is 1.65 bits per heavy atom. The van der Waals surface area contributed by atoms with Crippen molar-refractivity contribution in [2.24, 2.45) is 0 Å². The van der Waals surface area contributed by atoms with Crippen molar-refractivity contribution in [3.05, 3.63) is 95.8 Å². The van der Waals surface area contributed by atoms with Gasteiger partial charge in [0.2, 0.25) is 5.91 Å². The fourth-order valence-electron chi connectivity index (χ4n) is 4.72. The van der Waals surface area contributed by atoms with Crippen LogP contribution in [0.5, 0.6) is 0 Å². The van der Waals surface area contributed by atoms with Crippen molar-refractivity contribution in [3.63, 3.8) is 0 Å². The van der Waals surface area contributed by atoms with Gasteiger partial charge >= 0.3 is 12.3 Å². The number of likely N-dealkylation sites (tertiary alicyclic amines) is 1. The van der Waals surface area contributed by atoms with Crippen LogP contribution < -0.4 is 4.90 Å². The van der Waals surface area contributed by atoms with Crippen molar-refractivity contribution in [2.75, 3.05) is 25.0 Å². The van der Waals surface area contributed by atoms with E-state index in [1.165, 1.54) is 29.2 Å². The summed E-state index contributed by atoms with van der Waals surface area (Å²) in [5, 5.41) is 9.62. The van der Waals surface area contributed by atoms with E-state index in [0.29, 0.717) is 24.9 Å². The van der Waals surface area contributed by atoms with Crippen LogP contribution in [0, 0.1) is 0 Å². The average molecular weight is 553 g/mol. The van der Waals surface area contributed by atoms with Crippen LogP contribution in [-0.4, -0.2) is 58.1 Å². The third kappa shape index (κ3) is 7.40. The molecule has 2 amide bonds. The standard InChI is InChI=1S/C30H31F3N4O3/c1-35(26-15-17-34-18-16-26)25-12-7-23(8-13-25)20-37(27-4-2-3-19-36(21-27)29(39)40)28(38)14-9-22-5-10-24(11-6-22)30(31,32)33/h5-18,27H,2-4,19-21H2,1H3,(H,39,40)/b14-9+. The number of benzene rings is 2. The van der Waals surface area contributed by atoms with Crippen molar-refractivity contribution in [1.82, 2.24) is 14.8 Å². The number of nitrogens with zero attached hydrogens (tertiary/aromatic N) is 4. The summed E-state index contributed by atoms with van der Waals surface area (Å²) in [4.78, 5) is 34.3. The van der Waals surface area contributed by atoms with Crippen molar-refractivity contribution in [1.29, 1.82) is 0 Å². The molecular formula is C30H31F3N4O3. The summed E-state index contributed by atoms with van der Waals surface area (Å²) in [5.74, 6) is -0.338. The van der Waals surface area contributed by atoms with Crippen LogP contribution in [0.15, 0.2) is 79.1 Å². The minimum atomic E-state index is -4.44. The lowest BCUT2D eigenvalue weighted by atomic mass is 10.1. The van der Waals surface area contributed by atoms with Crippen molar-refractivity contribution >= 4 is 29.5 Å². The zero-order chi connectivity index (χ0) is 28.7. The summed E-state index contributed by atoms with van der Waals surface area (Å²) in [6.07, 6.45) is 2.92. The van der Waals surface area contributed by atoms with Crippen LogP contribution in [0.4, 0.5) is 29.3 Å². The van der Waals surface area contributed by atoms with Crippen LogP contribution in [0.2, 0.25) is 0 Å². The predicted octanol–water partition coefficient (Wildman–Crippen LogP) is 6.44. The molecule has 7 nitrogen and oxygen atoms in total. The molecule has 40 heavy (non-hydrogen) atoms. The van der Waals surface area contributed by atoms with E-state index in [2.05, 4.69) is 4.98 Å². The molecule has 1 aromatic heterocycles. The maximum Gasteiger partial charge on any atom is 0.416 e. The lowest BCUT2D eigenvalue weighted by Crippen LogP contribution is -2.46. The van der Waals surface area contributed by atoms with E-state index in [9.17, 15) is 27.9 Å². The van der Waals surface area contributed by atoms with Crippen molar-refractivity contribution in [3.8, 4) is 0 Å². The van der Waals surface area contributed by atoms with Gasteiger partial charge in [-0.2, -0.15) is 13.2 Å². The lowest BCUT2D eigenvalue weighted by molar-refractivity contribution is -0.137. The van der Waals surface area contributed by atoms with E-state index < -0.39 is 17.8 Å². The number of carboxylic acid groups (broad SMARTS) is 1. The van der Waals surface area contributed by atoms with E-state index in [-0.39, 0.29) is 25.0 Å². The summed E-state index contributed by atoms with van der Waals surface area (Å²) in [6.45, 7) is 0.858. The fourth-order valence-corrected chi connectivity index (χ4v) is 4.72. The molecule has 2 heterocycles. The molecule has 4 rings (SSSR count). The number of pyridine rings is 1. The van der Waals surface area contributed by atoms with Crippen molar-refractivity contribution in [2.45, 2.75) is 38.0 Å². The van der Waals surface area contributed by atoms with Gasteiger partial charge in [0.1, 0.15) is 0 Å². The lowest BCUT2D eigenvalue weighted by Gasteiger charge is -2.33. The number of anilines is 2. The second kappa shape index (κ2) is 12.7. The summed E-state index contributed by atoms with van der Waals surface area (Å²) < 4.78 is 38.7. The number of alkyl halides is 3. The molecule has 0 spiro atoms. The van der Waals surface area contributed by atoms with Crippen LogP contribution in [0.1, 0.15) is 36.0 Å². The Bertz CT molecular complexity index is 1310. The molecule has 1 unspecified atom stereocenters. The first-order valence-corrected chi connectivity index (χ1v) is 13.0. The number of amides is 2. The number of aromatic nitrogens is 1. The van der Waals surface area contributed by atoms with Gasteiger partial charge < -0.3 is 19.8 Å². The number of hydrogen-bond donors (Lipinski definition) is 1. The van der Waals surface area contributed by atoms with Gasteiger partial charge in [-0.1, -0.05) is 24.3 Å². The van der Waals surface area contributed by atoms with Gasteiger partial charge in [0.15, 0.2) is 0 Å². The Morgan fingerprint density at radius 1 is 1.00 bits per heavy atom. The molecule has 210 valence electrons. The van der Waals surface area contributed by atoms with Gasteiger partial charge in [-0.3, -0.25) is 9.78 Å². The van der Waals surface area contributed by atoms with Crippen LogP contribution in [-0.2, 0) is 17.5 Å². The summed E-state index contributed by atoms with van der Waals surface area (Å²) in [5.41, 5.74) is 2.48. The summed E-state index contributed by atoms with van der Waals surface area (Å²) >= 11 is 0. The SMILES string of the molecule is CN(c1ccncc1)c1ccc(CN(C(=O)/C=C/c2ccc(C(F)(F)F)cc2)C2CCCCN(C(=O)O)C2)cc1. The van der Waals surface area contributed by atoms with Gasteiger partial charge in [-0.15, -0.1) is 0 Å². The van der Waals surface area contributed by atoms with Crippen LogP contribution in [0.25, 0.3) is 6.08 Å². The maximum absolute atomic E-state index is 13.5. The first kappa shape index (κ1) is 28.7. The molecule has 1 saturated heterocycles. The van der Waals surface area contributed by atoms with Gasteiger partial charge in [-0.25, -0.2) is 4.79 Å². The third-order valence-electron chi connectivity index (χ3n) is 7.02. The molecule has 1 aliphatic rings. The molecule has 0 radical (unpaired) electrons. The van der Waals surface area contributed by atoms with Gasteiger partial charge in [0.05, 0.1) is 11.6 Å². The van der Waals surface area contributed by atoms with Crippen LogP contribution >= 0.6 is 0 Å². The number of hydrogen-bond acceptors (Lipinski definition) is 4. The Balaban J connectivity index is 1.55. The molecule has 0 bridgehead atoms. The Kier molecular flexibility index (Phi) is 9.08. The van der Waals surface area contributed by atoms with Crippen LogP contribution in [0.3, 0.4) is 0 Å². The van der Waals surface area contributed by atoms with Gasteiger partial charge in [0, 0.05) is 56.5 Å². The molecule has 2 aromatic carbocycles. The molecule has 1 aliphatic heterocycles. The fraction of sp³-hybridized carbons (Fsp3) is 0.300.